The Morgan fingerprint density at radius 3 is 2.28 bits per heavy atom. The van der Waals surface area contributed by atoms with Crippen LogP contribution in [0.25, 0.3) is 0 Å². The summed E-state index contributed by atoms with van der Waals surface area (Å²) >= 11 is 0. The van der Waals surface area contributed by atoms with Crippen molar-refractivity contribution in [3.05, 3.63) is 35.4 Å². The van der Waals surface area contributed by atoms with Crippen molar-refractivity contribution in [1.82, 2.24) is 14.7 Å². The Bertz CT molecular complexity index is 695. The highest BCUT2D eigenvalue weighted by molar-refractivity contribution is 7.90. The van der Waals surface area contributed by atoms with Gasteiger partial charge in [-0.1, -0.05) is 24.3 Å². The second kappa shape index (κ2) is 8.29. The van der Waals surface area contributed by atoms with Gasteiger partial charge in [0.05, 0.1) is 5.75 Å². The lowest BCUT2D eigenvalue weighted by Crippen LogP contribution is -2.52. The van der Waals surface area contributed by atoms with E-state index in [0.717, 1.165) is 24.2 Å². The predicted octanol–water partition coefficient (Wildman–Crippen LogP) is 0.787. The summed E-state index contributed by atoms with van der Waals surface area (Å²) in [6.07, 6.45) is 1.26. The lowest BCUT2D eigenvalue weighted by molar-refractivity contribution is -0.138. The van der Waals surface area contributed by atoms with Gasteiger partial charge < -0.3 is 4.90 Å². The smallest absolute Gasteiger partial charge is 0.244 e. The van der Waals surface area contributed by atoms with E-state index in [1.807, 2.05) is 55.1 Å². The Kier molecular flexibility index (Phi) is 6.59. The number of amides is 1. The highest BCUT2D eigenvalue weighted by atomic mass is 32.2. The van der Waals surface area contributed by atoms with E-state index in [1.165, 1.54) is 6.26 Å². The summed E-state index contributed by atoms with van der Waals surface area (Å²) in [5.74, 6) is 0.284. The first-order valence-corrected chi connectivity index (χ1v) is 10.7. The van der Waals surface area contributed by atoms with Crippen molar-refractivity contribution in [3.8, 4) is 0 Å². The Morgan fingerprint density at radius 2 is 1.76 bits per heavy atom. The molecule has 25 heavy (non-hydrogen) atoms. The summed E-state index contributed by atoms with van der Waals surface area (Å²) < 4.78 is 22.6. The first kappa shape index (κ1) is 19.9. The van der Waals surface area contributed by atoms with Crippen LogP contribution in [0.4, 0.5) is 0 Å². The van der Waals surface area contributed by atoms with Crippen molar-refractivity contribution in [2.24, 2.45) is 0 Å². The van der Waals surface area contributed by atoms with Crippen molar-refractivity contribution in [2.45, 2.75) is 13.0 Å². The zero-order chi connectivity index (χ0) is 18.6. The van der Waals surface area contributed by atoms with Gasteiger partial charge in [-0.05, 0) is 32.1 Å². The van der Waals surface area contributed by atoms with Gasteiger partial charge in [0.2, 0.25) is 5.91 Å². The Hall–Kier alpha value is -1.44. The van der Waals surface area contributed by atoms with Crippen LogP contribution in [0.5, 0.6) is 0 Å². The van der Waals surface area contributed by atoms with Crippen molar-refractivity contribution < 1.29 is 13.2 Å². The van der Waals surface area contributed by atoms with E-state index in [0.29, 0.717) is 19.6 Å². The first-order valence-electron chi connectivity index (χ1n) is 8.60. The van der Waals surface area contributed by atoms with E-state index >= 15 is 0 Å². The van der Waals surface area contributed by atoms with E-state index in [4.69, 9.17) is 0 Å². The molecule has 0 spiro atoms. The fraction of sp³-hybridized carbons (Fsp3) is 0.611. The van der Waals surface area contributed by atoms with Gasteiger partial charge in [-0.25, -0.2) is 8.42 Å². The van der Waals surface area contributed by atoms with Gasteiger partial charge in [0.15, 0.2) is 0 Å². The lowest BCUT2D eigenvalue weighted by Gasteiger charge is -2.38. The van der Waals surface area contributed by atoms with Gasteiger partial charge >= 0.3 is 0 Å². The number of rotatable bonds is 6. The van der Waals surface area contributed by atoms with Crippen molar-refractivity contribution in [1.29, 1.82) is 0 Å². The highest BCUT2D eigenvalue weighted by Gasteiger charge is 2.30. The standard InChI is InChI=1S/C18H29N3O3S/c1-15-7-5-6-8-16(15)17(19(2)3)18(22)21-11-9-20(10-12-21)13-14-25(4,23)24/h5-8,17H,9-14H2,1-4H3. The zero-order valence-electron chi connectivity index (χ0n) is 15.6. The summed E-state index contributed by atoms with van der Waals surface area (Å²) in [7, 11) is 0.908. The number of nitrogens with zero attached hydrogens (tertiary/aromatic N) is 3. The van der Waals surface area contributed by atoms with Crippen LogP contribution in [0.1, 0.15) is 17.2 Å². The second-order valence-corrected chi connectivity index (χ2v) is 9.28. The van der Waals surface area contributed by atoms with E-state index in [-0.39, 0.29) is 17.7 Å². The number of hydrogen-bond donors (Lipinski definition) is 0. The molecule has 7 heteroatoms. The average Bonchev–Trinajstić information content (AvgIpc) is 2.54. The van der Waals surface area contributed by atoms with E-state index in [1.54, 1.807) is 0 Å². The van der Waals surface area contributed by atoms with Gasteiger partial charge in [-0.2, -0.15) is 0 Å². The average molecular weight is 368 g/mol. The van der Waals surface area contributed by atoms with Crippen LogP contribution in [-0.4, -0.2) is 87.9 Å². The van der Waals surface area contributed by atoms with E-state index < -0.39 is 9.84 Å². The van der Waals surface area contributed by atoms with Crippen LogP contribution in [0, 0.1) is 6.92 Å². The minimum atomic E-state index is -2.95. The number of hydrogen-bond acceptors (Lipinski definition) is 5. The molecule has 0 N–H and O–H groups in total. The van der Waals surface area contributed by atoms with Crippen LogP contribution < -0.4 is 0 Å². The largest absolute Gasteiger partial charge is 0.338 e. The quantitative estimate of drug-likeness (QED) is 0.744. The maximum Gasteiger partial charge on any atom is 0.244 e. The molecule has 6 nitrogen and oxygen atoms in total. The van der Waals surface area contributed by atoms with Crippen LogP contribution >= 0.6 is 0 Å². The molecule has 1 aliphatic heterocycles. The third kappa shape index (κ3) is 5.52. The number of piperazine rings is 1. The highest BCUT2D eigenvalue weighted by Crippen LogP contribution is 2.24. The summed E-state index contributed by atoms with van der Waals surface area (Å²) in [6, 6.07) is 7.71. The normalized spacial score (nSPS) is 17.7. The van der Waals surface area contributed by atoms with Crippen molar-refractivity contribution in [2.75, 3.05) is 58.8 Å². The number of carbonyl (C=O) groups excluding carboxylic acids is 1. The maximum absolute atomic E-state index is 13.1. The number of benzene rings is 1. The molecule has 1 atom stereocenters. The molecule has 0 aliphatic carbocycles. The molecule has 0 radical (unpaired) electrons. The number of likely N-dealkylation sites (N-methyl/N-ethyl adjacent to an activating group) is 1. The summed E-state index contributed by atoms with van der Waals surface area (Å²) in [5.41, 5.74) is 2.15. The molecular weight excluding hydrogens is 338 g/mol. The number of carbonyl (C=O) groups is 1. The second-order valence-electron chi connectivity index (χ2n) is 7.02. The minimum absolute atomic E-state index is 0.113. The molecule has 1 heterocycles. The molecule has 1 fully saturated rings. The number of aryl methyl sites for hydroxylation is 1. The molecule has 2 rings (SSSR count). The fourth-order valence-corrected chi connectivity index (χ4v) is 3.78. The summed E-state index contributed by atoms with van der Waals surface area (Å²) in [6.45, 7) is 5.28. The Balaban J connectivity index is 2.01. The van der Waals surface area contributed by atoms with E-state index in [9.17, 15) is 13.2 Å². The minimum Gasteiger partial charge on any atom is -0.338 e. The SMILES string of the molecule is Cc1ccccc1C(C(=O)N1CCN(CCS(C)(=O)=O)CC1)N(C)C. The molecule has 0 aromatic heterocycles. The molecule has 1 saturated heterocycles. The maximum atomic E-state index is 13.1. The predicted molar refractivity (Wildman–Crippen MR) is 100 cm³/mol. The Labute approximate surface area is 151 Å². The van der Waals surface area contributed by atoms with Gasteiger partial charge in [-0.3, -0.25) is 14.6 Å². The first-order chi connectivity index (χ1) is 11.7. The summed E-state index contributed by atoms with van der Waals surface area (Å²) in [5, 5.41) is 0. The Morgan fingerprint density at radius 1 is 1.16 bits per heavy atom. The third-order valence-corrected chi connectivity index (χ3v) is 5.62. The van der Waals surface area contributed by atoms with E-state index in [2.05, 4.69) is 4.90 Å². The molecule has 0 bridgehead atoms. The summed E-state index contributed by atoms with van der Waals surface area (Å²) in [4.78, 5) is 19.1. The lowest BCUT2D eigenvalue weighted by atomic mass is 9.99. The van der Waals surface area contributed by atoms with Crippen molar-refractivity contribution >= 4 is 15.7 Å². The molecule has 1 aromatic rings. The third-order valence-electron chi connectivity index (χ3n) is 4.70. The van der Waals surface area contributed by atoms with Gasteiger partial charge in [0, 0.05) is 39.0 Å². The monoisotopic (exact) mass is 367 g/mol. The molecule has 1 amide bonds. The molecule has 0 saturated carbocycles. The topological polar surface area (TPSA) is 60.9 Å². The molecule has 140 valence electrons. The molecule has 1 aromatic carbocycles. The zero-order valence-corrected chi connectivity index (χ0v) is 16.4. The van der Waals surface area contributed by atoms with Crippen LogP contribution in [-0.2, 0) is 14.6 Å². The van der Waals surface area contributed by atoms with Crippen LogP contribution in [0.2, 0.25) is 0 Å². The van der Waals surface area contributed by atoms with Gasteiger partial charge in [-0.15, -0.1) is 0 Å². The van der Waals surface area contributed by atoms with Crippen LogP contribution in [0.15, 0.2) is 24.3 Å². The number of sulfone groups is 1. The van der Waals surface area contributed by atoms with Gasteiger partial charge in [0.25, 0.3) is 0 Å². The molecule has 1 unspecified atom stereocenters. The van der Waals surface area contributed by atoms with Gasteiger partial charge in [0.1, 0.15) is 15.9 Å². The fourth-order valence-electron chi connectivity index (χ4n) is 3.19. The van der Waals surface area contributed by atoms with Crippen LogP contribution in [0.3, 0.4) is 0 Å². The van der Waals surface area contributed by atoms with Crippen molar-refractivity contribution in [3.63, 3.8) is 0 Å². The molecule has 1 aliphatic rings. The molecular formula is C18H29N3O3S.